The summed E-state index contributed by atoms with van der Waals surface area (Å²) in [6, 6.07) is 0. The maximum atomic E-state index is 2.49. The Balaban J connectivity index is 2.19. The fourth-order valence-electron chi connectivity index (χ4n) is 2.22. The van der Waals surface area contributed by atoms with Gasteiger partial charge < -0.3 is 0 Å². The number of hydrogen-bond acceptors (Lipinski definition) is 0. The van der Waals surface area contributed by atoms with E-state index in [1.165, 1.54) is 19.3 Å². The molecule has 1 saturated carbocycles. The Labute approximate surface area is 57.0 Å². The van der Waals surface area contributed by atoms with Crippen LogP contribution in [-0.2, 0) is 0 Å². The lowest BCUT2D eigenvalue weighted by Crippen LogP contribution is -2.41. The maximum absolute atomic E-state index is 2.49. The van der Waals surface area contributed by atoms with Crippen molar-refractivity contribution in [1.82, 2.24) is 0 Å². The quantitative estimate of drug-likeness (QED) is 0.433. The third kappa shape index (κ3) is 0.493. The molecule has 0 aromatic heterocycles. The Morgan fingerprint density at radius 2 is 2.22 bits per heavy atom. The average Bonchev–Trinajstić information content (AvgIpc) is 1.77. The molecule has 0 aromatic carbocycles. The first-order valence-corrected chi connectivity index (χ1v) is 3.94. The van der Waals surface area contributed by atoms with E-state index in [2.05, 4.69) is 19.9 Å². The molecule has 9 heavy (non-hydrogen) atoms. The zero-order valence-electron chi connectivity index (χ0n) is 6.28. The maximum Gasteiger partial charge on any atom is -0.00529 e. The summed E-state index contributed by atoms with van der Waals surface area (Å²) in [6.07, 6.45) is 6.88. The van der Waals surface area contributed by atoms with Gasteiger partial charge in [0.25, 0.3) is 0 Å². The first-order chi connectivity index (χ1) is 4.25. The molecule has 2 rings (SSSR count). The van der Waals surface area contributed by atoms with Crippen molar-refractivity contribution in [3.63, 3.8) is 0 Å². The summed E-state index contributed by atoms with van der Waals surface area (Å²) in [5.41, 5.74) is 2.33. The molecule has 0 nitrogen and oxygen atoms in total. The van der Waals surface area contributed by atoms with Gasteiger partial charge >= 0.3 is 0 Å². The highest BCUT2D eigenvalue weighted by Gasteiger charge is 2.46. The van der Waals surface area contributed by atoms with E-state index < -0.39 is 0 Å². The molecule has 0 aromatic rings. The zero-order valence-corrected chi connectivity index (χ0v) is 6.28. The van der Waals surface area contributed by atoms with Crippen LogP contribution in [-0.4, -0.2) is 0 Å². The van der Waals surface area contributed by atoms with Crippen molar-refractivity contribution in [2.45, 2.75) is 33.1 Å². The van der Waals surface area contributed by atoms with E-state index in [9.17, 15) is 0 Å². The lowest BCUT2D eigenvalue weighted by Gasteiger charge is -2.52. The van der Waals surface area contributed by atoms with Gasteiger partial charge in [0, 0.05) is 0 Å². The molecule has 0 saturated heterocycles. The van der Waals surface area contributed by atoms with Crippen LogP contribution in [0.1, 0.15) is 33.1 Å². The van der Waals surface area contributed by atoms with Crippen molar-refractivity contribution in [1.29, 1.82) is 0 Å². The summed E-state index contributed by atoms with van der Waals surface area (Å²) in [5.74, 6) is 0.909. The molecule has 1 fully saturated rings. The molecule has 0 heteroatoms. The molecule has 0 N–H and O–H groups in total. The number of allylic oxidation sites excluding steroid dienone is 2. The molecular weight excluding hydrogens is 108 g/mol. The predicted octanol–water partition coefficient (Wildman–Crippen LogP) is 2.75. The van der Waals surface area contributed by atoms with E-state index in [0.717, 1.165) is 5.92 Å². The molecule has 0 aliphatic heterocycles. The van der Waals surface area contributed by atoms with Gasteiger partial charge in [0.1, 0.15) is 0 Å². The fraction of sp³-hybridized carbons (Fsp3) is 0.778. The van der Waals surface area contributed by atoms with E-state index in [1.807, 2.05) is 0 Å². The second kappa shape index (κ2) is 1.42. The van der Waals surface area contributed by atoms with E-state index in [4.69, 9.17) is 0 Å². The lowest BCUT2D eigenvalue weighted by atomic mass is 9.53. The van der Waals surface area contributed by atoms with Gasteiger partial charge in [-0.05, 0) is 31.1 Å². The van der Waals surface area contributed by atoms with Gasteiger partial charge in [-0.25, -0.2) is 0 Å². The third-order valence-corrected chi connectivity index (χ3v) is 3.34. The molecule has 1 atom stereocenters. The molecule has 2 aliphatic carbocycles. The minimum absolute atomic E-state index is 0.712. The average molecular weight is 122 g/mol. The van der Waals surface area contributed by atoms with Crippen molar-refractivity contribution in [3.05, 3.63) is 11.6 Å². The Bertz CT molecular complexity index is 161. The van der Waals surface area contributed by atoms with Crippen LogP contribution in [0.5, 0.6) is 0 Å². The van der Waals surface area contributed by atoms with Crippen molar-refractivity contribution in [2.75, 3.05) is 0 Å². The van der Waals surface area contributed by atoms with Gasteiger partial charge in [-0.1, -0.05) is 25.0 Å². The highest BCUT2D eigenvalue weighted by molar-refractivity contribution is 5.28. The van der Waals surface area contributed by atoms with Gasteiger partial charge in [0.05, 0.1) is 0 Å². The molecule has 1 spiro atoms. The smallest absolute Gasteiger partial charge is 0.00529 e. The lowest BCUT2D eigenvalue weighted by molar-refractivity contribution is 0.107. The SMILES string of the molecule is CC1=CC2(CCC2)C1C. The van der Waals surface area contributed by atoms with Crippen LogP contribution >= 0.6 is 0 Å². The van der Waals surface area contributed by atoms with Crippen LogP contribution < -0.4 is 0 Å². The van der Waals surface area contributed by atoms with E-state index >= 15 is 0 Å². The monoisotopic (exact) mass is 122 g/mol. The minimum Gasteiger partial charge on any atom is -0.0785 e. The zero-order chi connectivity index (χ0) is 6.48. The van der Waals surface area contributed by atoms with Crippen molar-refractivity contribution >= 4 is 0 Å². The van der Waals surface area contributed by atoms with Crippen LogP contribution in [0.25, 0.3) is 0 Å². The Morgan fingerprint density at radius 3 is 2.33 bits per heavy atom. The standard InChI is InChI=1S/C9H14/c1-7-6-9(8(7)2)4-3-5-9/h6,8H,3-5H2,1-2H3. The predicted molar refractivity (Wildman–Crippen MR) is 39.2 cm³/mol. The molecule has 0 bridgehead atoms. The molecule has 0 heterocycles. The largest absolute Gasteiger partial charge is 0.0785 e. The number of hydrogen-bond donors (Lipinski definition) is 0. The van der Waals surface area contributed by atoms with Crippen LogP contribution in [0, 0.1) is 11.3 Å². The summed E-state index contributed by atoms with van der Waals surface area (Å²) < 4.78 is 0. The molecule has 1 unspecified atom stereocenters. The first kappa shape index (κ1) is 5.52. The van der Waals surface area contributed by atoms with Crippen molar-refractivity contribution < 1.29 is 0 Å². The van der Waals surface area contributed by atoms with Crippen molar-refractivity contribution in [2.24, 2.45) is 11.3 Å². The highest BCUT2D eigenvalue weighted by atomic mass is 14.5. The van der Waals surface area contributed by atoms with Crippen LogP contribution in [0.3, 0.4) is 0 Å². The van der Waals surface area contributed by atoms with Gasteiger partial charge in [0.15, 0.2) is 0 Å². The second-order valence-corrected chi connectivity index (χ2v) is 3.70. The Hall–Kier alpha value is -0.260. The normalized spacial score (nSPS) is 37.1. The second-order valence-electron chi connectivity index (χ2n) is 3.70. The highest BCUT2D eigenvalue weighted by Crippen LogP contribution is 2.57. The Kier molecular flexibility index (Phi) is 0.870. The summed E-state index contributed by atoms with van der Waals surface area (Å²) in [5, 5.41) is 0. The van der Waals surface area contributed by atoms with Crippen LogP contribution in [0.4, 0.5) is 0 Å². The topological polar surface area (TPSA) is 0 Å². The fourth-order valence-corrected chi connectivity index (χ4v) is 2.22. The van der Waals surface area contributed by atoms with Gasteiger partial charge in [-0.15, -0.1) is 0 Å². The van der Waals surface area contributed by atoms with Crippen molar-refractivity contribution in [3.8, 4) is 0 Å². The summed E-state index contributed by atoms with van der Waals surface area (Å²) in [7, 11) is 0. The van der Waals surface area contributed by atoms with Crippen LogP contribution in [0.15, 0.2) is 11.6 Å². The van der Waals surface area contributed by atoms with E-state index in [-0.39, 0.29) is 0 Å². The number of rotatable bonds is 0. The molecular formula is C9H14. The summed E-state index contributed by atoms with van der Waals surface area (Å²) in [6.45, 7) is 4.63. The van der Waals surface area contributed by atoms with Gasteiger partial charge in [-0.3, -0.25) is 0 Å². The summed E-state index contributed by atoms with van der Waals surface area (Å²) >= 11 is 0. The molecule has 50 valence electrons. The van der Waals surface area contributed by atoms with E-state index in [1.54, 1.807) is 5.57 Å². The van der Waals surface area contributed by atoms with Crippen LogP contribution in [0.2, 0.25) is 0 Å². The first-order valence-electron chi connectivity index (χ1n) is 3.94. The molecule has 2 aliphatic rings. The molecule has 0 radical (unpaired) electrons. The van der Waals surface area contributed by atoms with Gasteiger partial charge in [0.2, 0.25) is 0 Å². The molecule has 0 amide bonds. The van der Waals surface area contributed by atoms with Gasteiger partial charge in [-0.2, -0.15) is 0 Å². The summed E-state index contributed by atoms with van der Waals surface area (Å²) in [4.78, 5) is 0. The minimum atomic E-state index is 0.712. The van der Waals surface area contributed by atoms with E-state index in [0.29, 0.717) is 5.41 Å². The Morgan fingerprint density at radius 1 is 1.56 bits per heavy atom. The third-order valence-electron chi connectivity index (χ3n) is 3.34.